The van der Waals surface area contributed by atoms with Crippen LogP contribution >= 0.6 is 58.6 Å². The summed E-state index contributed by atoms with van der Waals surface area (Å²) in [5, 5.41) is 6.73. The molecule has 0 fully saturated rings. The number of nitrogens with one attached hydrogen (secondary N) is 2. The fourth-order valence-corrected chi connectivity index (χ4v) is 4.94. The summed E-state index contributed by atoms with van der Waals surface area (Å²) >= 11 is 29.6. The quantitative estimate of drug-likeness (QED) is 0.0895. The predicted molar refractivity (Wildman–Crippen MR) is 184 cm³/mol. The first kappa shape index (κ1) is 36.1. The lowest BCUT2D eigenvalue weighted by Gasteiger charge is -2.18. The summed E-state index contributed by atoms with van der Waals surface area (Å²) in [5.74, 6) is -0.389. The summed E-state index contributed by atoms with van der Waals surface area (Å²) in [6.07, 6.45) is 1.65. The highest BCUT2D eigenvalue weighted by atomic mass is 35.5. The molecule has 2 aromatic carbocycles. The zero-order valence-electron chi connectivity index (χ0n) is 24.5. The van der Waals surface area contributed by atoms with Gasteiger partial charge in [0.05, 0.1) is 21.2 Å². The zero-order valence-corrected chi connectivity index (χ0v) is 28.4. The maximum absolute atomic E-state index is 14.3. The van der Waals surface area contributed by atoms with Crippen LogP contribution in [-0.4, -0.2) is 37.0 Å². The number of nitrogens with zero attached hydrogens (tertiary/aromatic N) is 5. The second-order valence-corrected chi connectivity index (χ2v) is 11.6. The zero-order chi connectivity index (χ0) is 33.4. The number of halogens is 6. The Balaban J connectivity index is 0.000000246. The van der Waals surface area contributed by atoms with Crippen molar-refractivity contribution < 1.29 is 8.78 Å². The van der Waals surface area contributed by atoms with Crippen molar-refractivity contribution in [2.45, 2.75) is 52.6 Å². The molecule has 8 nitrogen and oxygen atoms in total. The SMILES string of the molecule is CCC(C)Nc1nc(C(N)=S)nc(Cl)c1-c1c(F)cccc1Cl.[C-]#[N+]c1nc(Cl)c(-c2c(F)cccc2Cl)c(NC(C)CC)n1. The van der Waals surface area contributed by atoms with Crippen molar-refractivity contribution in [2.75, 3.05) is 10.6 Å². The predicted octanol–water partition coefficient (Wildman–Crippen LogP) is 9.78. The van der Waals surface area contributed by atoms with Crippen LogP contribution < -0.4 is 16.4 Å². The van der Waals surface area contributed by atoms with Crippen LogP contribution in [0, 0.1) is 18.2 Å². The molecule has 4 rings (SSSR count). The van der Waals surface area contributed by atoms with Crippen molar-refractivity contribution in [1.82, 2.24) is 19.9 Å². The van der Waals surface area contributed by atoms with E-state index in [1.165, 1.54) is 24.3 Å². The Morgan fingerprint density at radius 1 is 0.800 bits per heavy atom. The van der Waals surface area contributed by atoms with Crippen LogP contribution in [0.2, 0.25) is 20.4 Å². The molecule has 4 N–H and O–H groups in total. The second kappa shape index (κ2) is 16.2. The molecule has 0 saturated carbocycles. The molecule has 0 aliphatic heterocycles. The molecule has 2 atom stereocenters. The van der Waals surface area contributed by atoms with Crippen molar-refractivity contribution in [1.29, 1.82) is 0 Å². The maximum Gasteiger partial charge on any atom is 0.374 e. The molecule has 0 saturated heterocycles. The molecular weight excluding hydrogens is 684 g/mol. The fourth-order valence-electron chi connectivity index (χ4n) is 3.81. The monoisotopic (exact) mass is 710 g/mol. The average molecular weight is 712 g/mol. The smallest absolute Gasteiger partial charge is 0.374 e. The first-order valence-corrected chi connectivity index (χ1v) is 15.5. The van der Waals surface area contributed by atoms with Crippen molar-refractivity contribution in [3.8, 4) is 22.3 Å². The summed E-state index contributed by atoms with van der Waals surface area (Å²) in [7, 11) is 0. The van der Waals surface area contributed by atoms with Gasteiger partial charge >= 0.3 is 5.95 Å². The first-order valence-electron chi connectivity index (χ1n) is 13.6. The molecule has 2 heterocycles. The molecule has 0 bridgehead atoms. The summed E-state index contributed by atoms with van der Waals surface area (Å²) in [4.78, 5) is 19.5. The molecule has 15 heteroatoms. The van der Waals surface area contributed by atoms with Crippen LogP contribution in [0.1, 0.15) is 46.4 Å². The van der Waals surface area contributed by atoms with Gasteiger partial charge in [0.2, 0.25) is 5.15 Å². The van der Waals surface area contributed by atoms with Gasteiger partial charge in [0.25, 0.3) is 0 Å². The van der Waals surface area contributed by atoms with E-state index < -0.39 is 11.6 Å². The third-order valence-electron chi connectivity index (χ3n) is 6.45. The molecule has 236 valence electrons. The van der Waals surface area contributed by atoms with E-state index >= 15 is 0 Å². The van der Waals surface area contributed by atoms with E-state index in [9.17, 15) is 8.78 Å². The van der Waals surface area contributed by atoms with Crippen LogP contribution in [0.3, 0.4) is 0 Å². The third kappa shape index (κ3) is 8.87. The minimum Gasteiger partial charge on any atom is -0.394 e. The topological polar surface area (TPSA) is 106 Å². The van der Waals surface area contributed by atoms with E-state index in [4.69, 9.17) is 70.9 Å². The number of rotatable bonds is 9. The van der Waals surface area contributed by atoms with Gasteiger partial charge in [-0.25, -0.2) is 18.7 Å². The van der Waals surface area contributed by atoms with Gasteiger partial charge < -0.3 is 21.2 Å². The molecule has 4 aromatic rings. The number of benzene rings is 2. The molecular formula is C30H28Cl4F2N8S. The van der Waals surface area contributed by atoms with Gasteiger partial charge in [0.1, 0.15) is 27.6 Å². The first-order chi connectivity index (χ1) is 21.3. The Labute approximate surface area is 285 Å². The van der Waals surface area contributed by atoms with E-state index in [1.807, 2.05) is 27.7 Å². The summed E-state index contributed by atoms with van der Waals surface area (Å²) in [5.41, 5.74) is 6.39. The molecule has 0 aliphatic carbocycles. The summed E-state index contributed by atoms with van der Waals surface area (Å²) < 4.78 is 28.5. The molecule has 2 aromatic heterocycles. The van der Waals surface area contributed by atoms with E-state index in [1.54, 1.807) is 12.1 Å². The lowest BCUT2D eigenvalue weighted by Crippen LogP contribution is -2.20. The maximum atomic E-state index is 14.3. The van der Waals surface area contributed by atoms with Crippen molar-refractivity contribution in [2.24, 2.45) is 5.73 Å². The van der Waals surface area contributed by atoms with Crippen molar-refractivity contribution in [3.63, 3.8) is 0 Å². The molecule has 2 unspecified atom stereocenters. The fraction of sp³-hybridized carbons (Fsp3) is 0.267. The lowest BCUT2D eigenvalue weighted by molar-refractivity contribution is 0.631. The number of hydrogen-bond acceptors (Lipinski definition) is 7. The van der Waals surface area contributed by atoms with Gasteiger partial charge in [-0.3, -0.25) is 0 Å². The van der Waals surface area contributed by atoms with Gasteiger partial charge in [-0.05, 0) is 62.6 Å². The number of aromatic nitrogens is 4. The summed E-state index contributed by atoms with van der Waals surface area (Å²) in [6, 6.07) is 8.88. The third-order valence-corrected chi connectivity index (χ3v) is 7.81. The van der Waals surface area contributed by atoms with Crippen LogP contribution in [-0.2, 0) is 0 Å². The second-order valence-electron chi connectivity index (χ2n) is 9.68. The Morgan fingerprint density at radius 2 is 1.24 bits per heavy atom. The molecule has 0 amide bonds. The van der Waals surface area contributed by atoms with E-state index in [0.29, 0.717) is 11.6 Å². The van der Waals surface area contributed by atoms with Gasteiger partial charge in [0.15, 0.2) is 11.6 Å². The van der Waals surface area contributed by atoms with Crippen LogP contribution in [0.15, 0.2) is 36.4 Å². The number of hydrogen-bond donors (Lipinski definition) is 3. The van der Waals surface area contributed by atoms with E-state index in [0.717, 1.165) is 12.8 Å². The highest BCUT2D eigenvalue weighted by molar-refractivity contribution is 7.80. The minimum absolute atomic E-state index is 0.00489. The lowest BCUT2D eigenvalue weighted by atomic mass is 10.1. The highest BCUT2D eigenvalue weighted by Crippen LogP contribution is 2.41. The Kier molecular flexibility index (Phi) is 13.0. The standard InChI is InChI=1S/C15H15Cl2FN4S.C15H13Cl2FN4/c1-3-7(2)20-14-11(10-8(16)5-4-6-9(10)18)12(17)21-15(22-14)13(19)23;1-4-8(2)20-14-12(13(17)21-15(19-3)22-14)11-9(16)6-5-7-10(11)18/h4-7H,3H2,1-2H3,(H2,19,23)(H,20,21,22);5-8H,4H2,1-2H3,(H,20,21,22). The van der Waals surface area contributed by atoms with Gasteiger partial charge in [-0.1, -0.05) is 73.0 Å². The molecule has 0 aliphatic rings. The van der Waals surface area contributed by atoms with Gasteiger partial charge in [0, 0.05) is 23.2 Å². The minimum atomic E-state index is -0.527. The van der Waals surface area contributed by atoms with Crippen molar-refractivity contribution >= 4 is 81.2 Å². The Bertz CT molecular complexity index is 1710. The Morgan fingerprint density at radius 3 is 1.64 bits per heavy atom. The normalized spacial score (nSPS) is 11.9. The number of anilines is 2. The largest absolute Gasteiger partial charge is 0.394 e. The molecule has 45 heavy (non-hydrogen) atoms. The number of thiocarbonyl (C=S) groups is 1. The van der Waals surface area contributed by atoms with Crippen LogP contribution in [0.4, 0.5) is 26.4 Å². The highest BCUT2D eigenvalue weighted by Gasteiger charge is 2.25. The van der Waals surface area contributed by atoms with Crippen LogP contribution in [0.25, 0.3) is 27.1 Å². The Hall–Kier alpha value is -3.40. The van der Waals surface area contributed by atoms with Crippen LogP contribution in [0.5, 0.6) is 0 Å². The van der Waals surface area contributed by atoms with Gasteiger partial charge in [-0.2, -0.15) is 0 Å². The summed E-state index contributed by atoms with van der Waals surface area (Å²) in [6.45, 7) is 14.9. The number of nitrogens with two attached hydrogens (primary N) is 1. The van der Waals surface area contributed by atoms with Crippen molar-refractivity contribution in [3.05, 3.63) is 85.6 Å². The van der Waals surface area contributed by atoms with E-state index in [2.05, 4.69) is 35.4 Å². The molecule has 0 radical (unpaired) electrons. The van der Waals surface area contributed by atoms with E-state index in [-0.39, 0.29) is 71.5 Å². The average Bonchev–Trinajstić information content (AvgIpc) is 2.99. The van der Waals surface area contributed by atoms with Gasteiger partial charge in [-0.15, -0.1) is 16.5 Å². The molecule has 0 spiro atoms.